The fourth-order valence-electron chi connectivity index (χ4n) is 7.28. The first kappa shape index (κ1) is 35.0. The van der Waals surface area contributed by atoms with E-state index in [-0.39, 0.29) is 57.2 Å². The van der Waals surface area contributed by atoms with Gasteiger partial charge in [-0.3, -0.25) is 9.59 Å². The van der Waals surface area contributed by atoms with Crippen LogP contribution in [-0.4, -0.2) is 55.7 Å². The Balaban J connectivity index is 1.59. The second kappa shape index (κ2) is 10.8. The second-order valence-electron chi connectivity index (χ2n) is 12.6. The lowest BCUT2D eigenvalue weighted by Gasteiger charge is -2.51. The summed E-state index contributed by atoms with van der Waals surface area (Å²) in [5.74, 6) is -1.53. The molecule has 1 saturated heterocycles. The van der Waals surface area contributed by atoms with Crippen LogP contribution in [0.3, 0.4) is 0 Å². The van der Waals surface area contributed by atoms with E-state index in [2.05, 4.69) is 0 Å². The van der Waals surface area contributed by atoms with Crippen LogP contribution in [0.5, 0.6) is 0 Å². The molecular weight excluding hydrogens is 676 g/mol. The number of halogens is 10. The molecule has 2 aromatic carbocycles. The van der Waals surface area contributed by atoms with Gasteiger partial charge in [0.1, 0.15) is 4.75 Å². The molecule has 3 aliphatic carbocycles. The van der Waals surface area contributed by atoms with Crippen molar-refractivity contribution in [1.29, 1.82) is 0 Å². The molecule has 6 nitrogen and oxygen atoms in total. The van der Waals surface area contributed by atoms with Gasteiger partial charge in [-0.15, -0.1) is 0 Å². The standard InChI is InChI=1S/C30H27F10NO5S/c31-27(29(35,36)37,30(38,39)40)19-6-4-18(5-7-19)26(47(45,46)21-3-1-2-20(16-21)28(32,33)34)14-15-41(17-26)22(42)24-8-11-25(12-9-24,13-10-24)23(43)44/h1-7,16H,8-15,17H2,(H,43,44). The highest BCUT2D eigenvalue weighted by Gasteiger charge is 2.73. The third kappa shape index (κ3) is 5.26. The quantitative estimate of drug-likeness (QED) is 0.319. The fourth-order valence-corrected chi connectivity index (χ4v) is 9.41. The molecule has 6 rings (SSSR count). The van der Waals surface area contributed by atoms with E-state index in [1.165, 1.54) is 0 Å². The van der Waals surface area contributed by atoms with Crippen molar-refractivity contribution in [3.63, 3.8) is 0 Å². The summed E-state index contributed by atoms with van der Waals surface area (Å²) in [5, 5.41) is 9.69. The number of carboxylic acid groups (broad SMARTS) is 1. The molecule has 2 aromatic rings. The molecule has 47 heavy (non-hydrogen) atoms. The van der Waals surface area contributed by atoms with Crippen molar-refractivity contribution in [2.24, 2.45) is 10.8 Å². The highest BCUT2D eigenvalue weighted by atomic mass is 32.2. The minimum atomic E-state index is -6.46. The predicted octanol–water partition coefficient (Wildman–Crippen LogP) is 7.32. The van der Waals surface area contributed by atoms with Crippen LogP contribution >= 0.6 is 0 Å². The molecular formula is C30H27F10NO5S. The summed E-state index contributed by atoms with van der Waals surface area (Å²) in [7, 11) is -4.99. The van der Waals surface area contributed by atoms with Gasteiger partial charge in [0.2, 0.25) is 5.91 Å². The van der Waals surface area contributed by atoms with Crippen molar-refractivity contribution >= 4 is 21.7 Å². The summed E-state index contributed by atoms with van der Waals surface area (Å²) in [5.41, 5.74) is -11.6. The molecule has 3 saturated carbocycles. The van der Waals surface area contributed by atoms with Crippen LogP contribution in [0.25, 0.3) is 0 Å². The fraction of sp³-hybridized carbons (Fsp3) is 0.533. The van der Waals surface area contributed by atoms with Crippen molar-refractivity contribution in [3.05, 3.63) is 65.2 Å². The van der Waals surface area contributed by atoms with E-state index < -0.39 is 96.0 Å². The number of amides is 1. The number of carbonyl (C=O) groups is 2. The molecule has 1 aliphatic heterocycles. The summed E-state index contributed by atoms with van der Waals surface area (Å²) >= 11 is 0. The van der Waals surface area contributed by atoms with Gasteiger partial charge in [0.15, 0.2) is 9.84 Å². The molecule has 1 unspecified atom stereocenters. The second-order valence-corrected chi connectivity index (χ2v) is 14.9. The first-order valence-corrected chi connectivity index (χ1v) is 15.8. The molecule has 1 N–H and O–H groups in total. The van der Waals surface area contributed by atoms with Crippen LogP contribution in [0.4, 0.5) is 43.9 Å². The number of sulfone groups is 1. The molecule has 2 bridgehead atoms. The molecule has 1 heterocycles. The van der Waals surface area contributed by atoms with Crippen LogP contribution in [0.2, 0.25) is 0 Å². The number of hydrogen-bond donors (Lipinski definition) is 1. The summed E-state index contributed by atoms with van der Waals surface area (Å²) in [6.45, 7) is -1.03. The number of benzene rings is 2. The number of likely N-dealkylation sites (tertiary alicyclic amines) is 1. The number of carboxylic acids is 1. The van der Waals surface area contributed by atoms with Crippen molar-refractivity contribution in [3.8, 4) is 0 Å². The Morgan fingerprint density at radius 2 is 1.21 bits per heavy atom. The Morgan fingerprint density at radius 1 is 0.702 bits per heavy atom. The van der Waals surface area contributed by atoms with Crippen molar-refractivity contribution in [2.45, 2.75) is 78.8 Å². The maximum atomic E-state index is 14.8. The Labute approximate surface area is 261 Å². The zero-order chi connectivity index (χ0) is 35.1. The highest BCUT2D eigenvalue weighted by Crippen LogP contribution is 2.59. The zero-order valence-corrected chi connectivity index (χ0v) is 25.0. The lowest BCUT2D eigenvalue weighted by atomic mass is 9.53. The van der Waals surface area contributed by atoms with E-state index in [9.17, 15) is 67.0 Å². The van der Waals surface area contributed by atoms with E-state index in [0.717, 1.165) is 17.0 Å². The maximum absolute atomic E-state index is 14.8. The van der Waals surface area contributed by atoms with Crippen LogP contribution in [0, 0.1) is 10.8 Å². The number of aliphatic carboxylic acids is 1. The number of fused-ring (bicyclic) bond motifs is 3. The topological polar surface area (TPSA) is 91.8 Å². The van der Waals surface area contributed by atoms with Crippen molar-refractivity contribution < 1.29 is 67.0 Å². The Kier molecular flexibility index (Phi) is 8.05. The lowest BCUT2D eigenvalue weighted by molar-refractivity contribution is -0.348. The minimum Gasteiger partial charge on any atom is -0.481 e. The van der Waals surface area contributed by atoms with Crippen LogP contribution < -0.4 is 0 Å². The smallest absolute Gasteiger partial charge is 0.435 e. The third-order valence-electron chi connectivity index (χ3n) is 10.2. The predicted molar refractivity (Wildman–Crippen MR) is 143 cm³/mol. The van der Waals surface area contributed by atoms with Crippen molar-refractivity contribution in [2.75, 3.05) is 13.1 Å². The molecule has 0 aromatic heterocycles. The summed E-state index contributed by atoms with van der Waals surface area (Å²) < 4.78 is 162. The Hall–Kier alpha value is -3.37. The van der Waals surface area contributed by atoms with Gasteiger partial charge in [0.05, 0.1) is 15.9 Å². The maximum Gasteiger partial charge on any atom is 0.435 e. The van der Waals surface area contributed by atoms with Gasteiger partial charge in [-0.2, -0.15) is 39.5 Å². The van der Waals surface area contributed by atoms with Gasteiger partial charge in [-0.25, -0.2) is 12.8 Å². The number of rotatable bonds is 6. The first-order chi connectivity index (χ1) is 21.5. The molecule has 1 amide bonds. The normalized spacial score (nSPS) is 27.2. The van der Waals surface area contributed by atoms with E-state index >= 15 is 0 Å². The number of alkyl halides is 10. The van der Waals surface area contributed by atoms with Gasteiger partial charge in [0, 0.05) is 24.1 Å². The van der Waals surface area contributed by atoms with E-state index in [1.54, 1.807) is 0 Å². The average Bonchev–Trinajstić information content (AvgIpc) is 3.47. The monoisotopic (exact) mass is 703 g/mol. The zero-order valence-electron chi connectivity index (χ0n) is 24.2. The Bertz CT molecular complexity index is 1650. The van der Waals surface area contributed by atoms with Crippen LogP contribution in [-0.2, 0) is 36.0 Å². The molecule has 0 radical (unpaired) electrons. The van der Waals surface area contributed by atoms with Crippen molar-refractivity contribution in [1.82, 2.24) is 4.90 Å². The summed E-state index contributed by atoms with van der Waals surface area (Å²) in [4.78, 5) is 26.1. The number of carbonyl (C=O) groups excluding carboxylic acids is 1. The highest BCUT2D eigenvalue weighted by molar-refractivity contribution is 7.92. The van der Waals surface area contributed by atoms with Crippen LogP contribution in [0.1, 0.15) is 61.6 Å². The molecule has 258 valence electrons. The molecule has 17 heteroatoms. The van der Waals surface area contributed by atoms with E-state index in [0.29, 0.717) is 24.3 Å². The summed E-state index contributed by atoms with van der Waals surface area (Å²) in [6, 6.07) is 3.92. The van der Waals surface area contributed by atoms with Crippen LogP contribution in [0.15, 0.2) is 53.4 Å². The number of nitrogens with zero attached hydrogens (tertiary/aromatic N) is 1. The molecule has 4 aliphatic rings. The molecule has 0 spiro atoms. The largest absolute Gasteiger partial charge is 0.481 e. The van der Waals surface area contributed by atoms with Gasteiger partial charge < -0.3 is 10.0 Å². The minimum absolute atomic E-state index is 0.122. The van der Waals surface area contributed by atoms with E-state index in [1.807, 2.05) is 0 Å². The van der Waals surface area contributed by atoms with Gasteiger partial charge in [0.25, 0.3) is 0 Å². The SMILES string of the molecule is O=C(O)C12CCC(C(=O)N3CCC(c4ccc(C(F)(C(F)(F)F)C(F)(F)F)cc4)(S(=O)(=O)c4cccc(C(F)(F)F)c4)C3)(CC1)CC2. The lowest BCUT2D eigenvalue weighted by Crippen LogP contribution is -2.53. The third-order valence-corrected chi connectivity index (χ3v) is 12.7. The number of hydrogen-bond acceptors (Lipinski definition) is 4. The Morgan fingerprint density at radius 3 is 1.68 bits per heavy atom. The van der Waals surface area contributed by atoms with Gasteiger partial charge >= 0.3 is 30.2 Å². The van der Waals surface area contributed by atoms with Gasteiger partial charge in [-0.05, 0) is 68.7 Å². The van der Waals surface area contributed by atoms with Gasteiger partial charge in [-0.1, -0.05) is 30.3 Å². The average molecular weight is 704 g/mol. The first-order valence-electron chi connectivity index (χ1n) is 14.3. The van der Waals surface area contributed by atoms with E-state index in [4.69, 9.17) is 0 Å². The molecule has 4 fully saturated rings. The molecule has 1 atom stereocenters. The summed E-state index contributed by atoms with van der Waals surface area (Å²) in [6.07, 6.45) is -17.3.